The number of carbonyl (C=O) groups is 1. The van der Waals surface area contributed by atoms with E-state index in [2.05, 4.69) is 13.5 Å². The first-order valence-corrected chi connectivity index (χ1v) is 9.97. The largest absolute Gasteiger partial charge is 0.481 e. The van der Waals surface area contributed by atoms with Crippen LogP contribution in [-0.4, -0.2) is 11.1 Å². The number of hydrogen-bond acceptors (Lipinski definition) is 1. The summed E-state index contributed by atoms with van der Waals surface area (Å²) in [6, 6.07) is 0. The van der Waals surface area contributed by atoms with Crippen molar-refractivity contribution in [3.8, 4) is 0 Å². The SMILES string of the molecule is C=C(C)C(CCCCCCCCCCCCCCCC)C(=O)O. The zero-order valence-electron chi connectivity index (χ0n) is 15.7. The fraction of sp³-hybridized carbons (Fsp3) is 0.857. The maximum absolute atomic E-state index is 11.0. The van der Waals surface area contributed by atoms with E-state index in [4.69, 9.17) is 5.11 Å². The summed E-state index contributed by atoms with van der Waals surface area (Å²) in [5.41, 5.74) is 0.784. The van der Waals surface area contributed by atoms with Gasteiger partial charge < -0.3 is 5.11 Å². The summed E-state index contributed by atoms with van der Waals surface area (Å²) in [5, 5.41) is 9.09. The predicted molar refractivity (Wildman–Crippen MR) is 101 cm³/mol. The average molecular weight is 325 g/mol. The maximum Gasteiger partial charge on any atom is 0.310 e. The van der Waals surface area contributed by atoms with E-state index in [0.29, 0.717) is 0 Å². The van der Waals surface area contributed by atoms with Gasteiger partial charge in [-0.15, -0.1) is 0 Å². The van der Waals surface area contributed by atoms with Crippen molar-refractivity contribution in [2.45, 2.75) is 110 Å². The molecule has 0 rings (SSSR count). The normalized spacial score (nSPS) is 12.3. The van der Waals surface area contributed by atoms with Gasteiger partial charge in [0.2, 0.25) is 0 Å². The minimum atomic E-state index is -0.716. The van der Waals surface area contributed by atoms with Crippen molar-refractivity contribution in [3.05, 3.63) is 12.2 Å². The van der Waals surface area contributed by atoms with Crippen molar-refractivity contribution in [2.24, 2.45) is 5.92 Å². The van der Waals surface area contributed by atoms with Crippen molar-refractivity contribution in [1.29, 1.82) is 0 Å². The molecule has 0 bridgehead atoms. The van der Waals surface area contributed by atoms with Gasteiger partial charge in [0, 0.05) is 0 Å². The molecule has 1 N–H and O–H groups in total. The zero-order chi connectivity index (χ0) is 17.3. The lowest BCUT2D eigenvalue weighted by Crippen LogP contribution is -2.14. The van der Waals surface area contributed by atoms with Gasteiger partial charge in [-0.1, -0.05) is 109 Å². The molecule has 0 aliphatic carbocycles. The lowest BCUT2D eigenvalue weighted by atomic mass is 9.94. The number of carboxylic acid groups (broad SMARTS) is 1. The summed E-state index contributed by atoms with van der Waals surface area (Å²) in [6.45, 7) is 7.87. The molecule has 1 unspecified atom stereocenters. The van der Waals surface area contributed by atoms with E-state index in [1.807, 2.05) is 6.92 Å². The second-order valence-corrected chi connectivity index (χ2v) is 7.12. The summed E-state index contributed by atoms with van der Waals surface area (Å²) in [5.74, 6) is -1.06. The quantitative estimate of drug-likeness (QED) is 0.228. The van der Waals surface area contributed by atoms with Crippen LogP contribution < -0.4 is 0 Å². The van der Waals surface area contributed by atoms with E-state index in [0.717, 1.165) is 24.8 Å². The van der Waals surface area contributed by atoms with Crippen LogP contribution in [0.1, 0.15) is 110 Å². The molecule has 2 heteroatoms. The van der Waals surface area contributed by atoms with E-state index >= 15 is 0 Å². The minimum absolute atomic E-state index is 0.340. The Morgan fingerprint density at radius 1 is 0.783 bits per heavy atom. The van der Waals surface area contributed by atoms with Crippen LogP contribution in [0.4, 0.5) is 0 Å². The Hall–Kier alpha value is -0.790. The van der Waals surface area contributed by atoms with E-state index in [-0.39, 0.29) is 5.92 Å². The molecule has 0 fully saturated rings. The fourth-order valence-corrected chi connectivity index (χ4v) is 3.12. The molecule has 0 heterocycles. The van der Waals surface area contributed by atoms with Gasteiger partial charge in [0.1, 0.15) is 0 Å². The van der Waals surface area contributed by atoms with Crippen molar-refractivity contribution >= 4 is 5.97 Å². The summed E-state index contributed by atoms with van der Waals surface area (Å²) in [6.07, 6.45) is 19.4. The third-order valence-electron chi connectivity index (χ3n) is 4.74. The van der Waals surface area contributed by atoms with Crippen LogP contribution in [0, 0.1) is 5.92 Å². The van der Waals surface area contributed by atoms with E-state index in [1.165, 1.54) is 77.0 Å². The highest BCUT2D eigenvalue weighted by Crippen LogP contribution is 2.19. The van der Waals surface area contributed by atoms with Crippen LogP contribution in [0.2, 0.25) is 0 Å². The Bertz CT molecular complexity index is 282. The van der Waals surface area contributed by atoms with E-state index in [9.17, 15) is 4.79 Å². The van der Waals surface area contributed by atoms with Crippen LogP contribution in [0.3, 0.4) is 0 Å². The van der Waals surface area contributed by atoms with Gasteiger partial charge in [0.25, 0.3) is 0 Å². The minimum Gasteiger partial charge on any atom is -0.481 e. The highest BCUT2D eigenvalue weighted by atomic mass is 16.4. The monoisotopic (exact) mass is 324 g/mol. The van der Waals surface area contributed by atoms with Crippen LogP contribution in [0.25, 0.3) is 0 Å². The Morgan fingerprint density at radius 3 is 1.43 bits per heavy atom. The molecule has 136 valence electrons. The summed E-state index contributed by atoms with van der Waals surface area (Å²) >= 11 is 0. The Labute approximate surface area is 144 Å². The average Bonchev–Trinajstić information content (AvgIpc) is 2.50. The highest BCUT2D eigenvalue weighted by molar-refractivity contribution is 5.73. The van der Waals surface area contributed by atoms with Crippen LogP contribution in [0.5, 0.6) is 0 Å². The smallest absolute Gasteiger partial charge is 0.310 e. The highest BCUT2D eigenvalue weighted by Gasteiger charge is 2.16. The number of unbranched alkanes of at least 4 members (excludes halogenated alkanes) is 13. The molecule has 0 amide bonds. The van der Waals surface area contributed by atoms with Crippen molar-refractivity contribution in [1.82, 2.24) is 0 Å². The Morgan fingerprint density at radius 2 is 1.13 bits per heavy atom. The molecule has 0 saturated carbocycles. The van der Waals surface area contributed by atoms with Crippen LogP contribution in [0.15, 0.2) is 12.2 Å². The third-order valence-corrected chi connectivity index (χ3v) is 4.74. The molecule has 0 saturated heterocycles. The molecule has 0 radical (unpaired) electrons. The predicted octanol–water partition coefficient (Wildman–Crippen LogP) is 7.13. The Kier molecular flexibility index (Phi) is 15.5. The van der Waals surface area contributed by atoms with Crippen LogP contribution in [-0.2, 0) is 4.79 Å². The van der Waals surface area contributed by atoms with Crippen molar-refractivity contribution in [3.63, 3.8) is 0 Å². The standard InChI is InChI=1S/C21H40O2/c1-4-5-6-7-8-9-10-11-12-13-14-15-16-17-18-20(19(2)3)21(22)23/h20H,2,4-18H2,1,3H3,(H,22,23). The molecule has 0 aromatic rings. The van der Waals surface area contributed by atoms with Gasteiger partial charge in [-0.05, 0) is 13.3 Å². The number of aliphatic carboxylic acids is 1. The molecule has 0 aromatic heterocycles. The van der Waals surface area contributed by atoms with E-state index in [1.54, 1.807) is 0 Å². The number of hydrogen-bond donors (Lipinski definition) is 1. The molecule has 1 atom stereocenters. The molecular weight excluding hydrogens is 284 g/mol. The molecule has 0 aliphatic rings. The summed E-state index contributed by atoms with van der Waals surface area (Å²) < 4.78 is 0. The number of rotatable bonds is 17. The fourth-order valence-electron chi connectivity index (χ4n) is 3.12. The summed E-state index contributed by atoms with van der Waals surface area (Å²) in [4.78, 5) is 11.0. The lowest BCUT2D eigenvalue weighted by molar-refractivity contribution is -0.140. The van der Waals surface area contributed by atoms with Crippen molar-refractivity contribution in [2.75, 3.05) is 0 Å². The van der Waals surface area contributed by atoms with Gasteiger partial charge >= 0.3 is 5.97 Å². The van der Waals surface area contributed by atoms with Gasteiger partial charge in [0.05, 0.1) is 5.92 Å². The number of carboxylic acids is 1. The maximum atomic E-state index is 11.0. The first-order chi connectivity index (χ1) is 11.1. The molecule has 0 aliphatic heterocycles. The topological polar surface area (TPSA) is 37.3 Å². The summed E-state index contributed by atoms with van der Waals surface area (Å²) in [7, 11) is 0. The van der Waals surface area contributed by atoms with Gasteiger partial charge in [0.15, 0.2) is 0 Å². The van der Waals surface area contributed by atoms with E-state index < -0.39 is 5.97 Å². The van der Waals surface area contributed by atoms with Gasteiger partial charge in [-0.25, -0.2) is 0 Å². The first-order valence-electron chi connectivity index (χ1n) is 9.97. The molecular formula is C21H40O2. The molecule has 2 nitrogen and oxygen atoms in total. The first kappa shape index (κ1) is 22.2. The zero-order valence-corrected chi connectivity index (χ0v) is 15.7. The Balaban J connectivity index is 3.24. The molecule has 23 heavy (non-hydrogen) atoms. The second kappa shape index (κ2) is 16.1. The second-order valence-electron chi connectivity index (χ2n) is 7.12. The molecule has 0 spiro atoms. The van der Waals surface area contributed by atoms with Crippen molar-refractivity contribution < 1.29 is 9.90 Å². The van der Waals surface area contributed by atoms with Gasteiger partial charge in [-0.3, -0.25) is 4.79 Å². The lowest BCUT2D eigenvalue weighted by Gasteiger charge is -2.11. The molecule has 0 aromatic carbocycles. The third kappa shape index (κ3) is 14.5. The van der Waals surface area contributed by atoms with Gasteiger partial charge in [-0.2, -0.15) is 0 Å². The van der Waals surface area contributed by atoms with Crippen LogP contribution >= 0.6 is 0 Å².